The smallest absolute Gasteiger partial charge is 0.338 e. The van der Waals surface area contributed by atoms with E-state index in [0.29, 0.717) is 12.0 Å². The number of rotatable bonds is 16. The number of amides is 1. The van der Waals surface area contributed by atoms with Gasteiger partial charge in [-0.15, -0.1) is 0 Å². The Morgan fingerprint density at radius 1 is 0.969 bits per heavy atom. The third kappa shape index (κ3) is 11.9. The number of esters is 1. The van der Waals surface area contributed by atoms with E-state index >= 15 is 0 Å². The topological polar surface area (TPSA) is 130 Å². The Balaban J connectivity index is 2.67. The van der Waals surface area contributed by atoms with Crippen molar-refractivity contribution in [1.82, 2.24) is 5.32 Å². The number of carbonyl (C=O) groups is 4. The van der Waals surface area contributed by atoms with Crippen molar-refractivity contribution >= 4 is 29.9 Å². The van der Waals surface area contributed by atoms with Crippen molar-refractivity contribution in [2.45, 2.75) is 70.8 Å². The van der Waals surface area contributed by atoms with Crippen LogP contribution in [0.2, 0.25) is 0 Å². The van der Waals surface area contributed by atoms with Crippen molar-refractivity contribution in [2.75, 3.05) is 6.54 Å². The average molecular weight is 448 g/mol. The molecule has 0 fully saturated rings. The third-order valence-corrected chi connectivity index (χ3v) is 4.81. The van der Waals surface area contributed by atoms with Gasteiger partial charge in [0.2, 0.25) is 0 Å². The van der Waals surface area contributed by atoms with Crippen LogP contribution in [0.25, 0.3) is 6.08 Å². The number of aliphatic carboxylic acids is 2. The molecule has 1 aromatic rings. The first-order valence-electron chi connectivity index (χ1n) is 11.0. The van der Waals surface area contributed by atoms with E-state index in [0.717, 1.165) is 31.8 Å². The molecule has 32 heavy (non-hydrogen) atoms. The summed E-state index contributed by atoms with van der Waals surface area (Å²) in [6, 6.07) is 6.15. The zero-order valence-corrected chi connectivity index (χ0v) is 18.5. The number of hydrogen-bond acceptors (Lipinski definition) is 5. The van der Waals surface area contributed by atoms with Gasteiger partial charge in [-0.25, -0.2) is 9.59 Å². The van der Waals surface area contributed by atoms with Crippen LogP contribution in [-0.2, 0) is 19.1 Å². The van der Waals surface area contributed by atoms with Crippen LogP contribution in [0.5, 0.6) is 0 Å². The highest BCUT2D eigenvalue weighted by Crippen LogP contribution is 2.14. The molecule has 1 amide bonds. The Hall–Kier alpha value is -3.16. The first kappa shape index (κ1) is 26.9. The zero-order chi connectivity index (χ0) is 23.8. The van der Waals surface area contributed by atoms with Gasteiger partial charge >= 0.3 is 17.9 Å². The van der Waals surface area contributed by atoms with Crippen molar-refractivity contribution in [3.63, 3.8) is 0 Å². The Bertz CT molecular complexity index is 771. The van der Waals surface area contributed by atoms with Crippen molar-refractivity contribution in [3.05, 3.63) is 41.5 Å². The molecule has 0 spiro atoms. The fourth-order valence-corrected chi connectivity index (χ4v) is 3.03. The number of ether oxygens (including phenoxy) is 1. The molecule has 1 aromatic carbocycles. The van der Waals surface area contributed by atoms with E-state index in [2.05, 4.69) is 12.2 Å². The number of carboxylic acid groups (broad SMARTS) is 2. The minimum atomic E-state index is -1.07. The van der Waals surface area contributed by atoms with E-state index in [1.807, 2.05) is 0 Å². The van der Waals surface area contributed by atoms with E-state index in [1.54, 1.807) is 12.1 Å². The average Bonchev–Trinajstić information content (AvgIpc) is 2.76. The highest BCUT2D eigenvalue weighted by molar-refractivity contribution is 5.92. The Morgan fingerprint density at radius 2 is 1.59 bits per heavy atom. The van der Waals surface area contributed by atoms with Crippen LogP contribution in [0.4, 0.5) is 0 Å². The maximum absolute atomic E-state index is 12.5. The molecule has 0 heterocycles. The Kier molecular flexibility index (Phi) is 13.1. The van der Waals surface area contributed by atoms with Crippen LogP contribution in [0.3, 0.4) is 0 Å². The summed E-state index contributed by atoms with van der Waals surface area (Å²) in [5.41, 5.74) is 0.843. The van der Waals surface area contributed by atoms with Crippen LogP contribution in [0.15, 0.2) is 30.3 Å². The second kappa shape index (κ2) is 15.6. The van der Waals surface area contributed by atoms with Gasteiger partial charge in [0.25, 0.3) is 5.91 Å². The fraction of sp³-hybridized carbons (Fsp3) is 0.500. The molecule has 1 unspecified atom stereocenters. The van der Waals surface area contributed by atoms with Gasteiger partial charge in [0, 0.05) is 12.6 Å². The number of benzene rings is 1. The molecular weight excluding hydrogens is 414 g/mol. The van der Waals surface area contributed by atoms with E-state index in [1.165, 1.54) is 37.5 Å². The summed E-state index contributed by atoms with van der Waals surface area (Å²) in [5, 5.41) is 19.9. The van der Waals surface area contributed by atoms with Crippen molar-refractivity contribution in [3.8, 4) is 0 Å². The molecule has 0 radical (unpaired) electrons. The van der Waals surface area contributed by atoms with E-state index in [-0.39, 0.29) is 18.5 Å². The van der Waals surface area contributed by atoms with Crippen LogP contribution < -0.4 is 5.32 Å². The molecule has 8 heteroatoms. The lowest BCUT2D eigenvalue weighted by Gasteiger charge is -2.17. The number of unbranched alkanes of at least 4 members (excludes halogenated alkanes) is 6. The summed E-state index contributed by atoms with van der Waals surface area (Å²) < 4.78 is 5.43. The molecule has 1 rings (SSSR count). The lowest BCUT2D eigenvalue weighted by atomic mass is 10.1. The van der Waals surface area contributed by atoms with Gasteiger partial charge in [0.05, 0.1) is 12.0 Å². The predicted molar refractivity (Wildman–Crippen MR) is 120 cm³/mol. The maximum Gasteiger partial charge on any atom is 0.338 e. The molecule has 176 valence electrons. The first-order valence-corrected chi connectivity index (χ1v) is 11.0. The molecule has 1 atom stereocenters. The number of carboxylic acids is 2. The lowest BCUT2D eigenvalue weighted by molar-refractivity contribution is -0.137. The van der Waals surface area contributed by atoms with Crippen molar-refractivity contribution < 1.29 is 34.1 Å². The molecule has 0 aliphatic rings. The molecule has 0 saturated carbocycles. The summed E-state index contributed by atoms with van der Waals surface area (Å²) in [5.74, 6) is -3.27. The van der Waals surface area contributed by atoms with E-state index < -0.39 is 29.9 Å². The summed E-state index contributed by atoms with van der Waals surface area (Å²) in [6.07, 6.45) is 8.92. The van der Waals surface area contributed by atoms with Gasteiger partial charge in [-0.05, 0) is 36.6 Å². The highest BCUT2D eigenvalue weighted by Gasteiger charge is 2.23. The molecule has 8 nitrogen and oxygen atoms in total. The Morgan fingerprint density at radius 3 is 2.19 bits per heavy atom. The fourth-order valence-electron chi connectivity index (χ4n) is 3.03. The predicted octanol–water partition coefficient (Wildman–Crippen LogP) is 4.04. The minimum Gasteiger partial charge on any atom is -0.481 e. The molecular formula is C24H33NO7. The van der Waals surface area contributed by atoms with Gasteiger partial charge in [-0.2, -0.15) is 0 Å². The van der Waals surface area contributed by atoms with Crippen molar-refractivity contribution in [2.24, 2.45) is 0 Å². The van der Waals surface area contributed by atoms with E-state index in [4.69, 9.17) is 14.9 Å². The number of nitrogens with one attached hydrogen (secondary N) is 1. The highest BCUT2D eigenvalue weighted by atomic mass is 16.5. The first-order chi connectivity index (χ1) is 15.3. The normalized spacial score (nSPS) is 11.8. The number of carbonyl (C=O) groups excluding carboxylic acids is 2. The summed E-state index contributed by atoms with van der Waals surface area (Å²) >= 11 is 0. The molecule has 0 aromatic heterocycles. The second-order valence-electron chi connectivity index (χ2n) is 7.53. The second-order valence-corrected chi connectivity index (χ2v) is 7.53. The molecule has 3 N–H and O–H groups in total. The number of hydrogen-bond donors (Lipinski definition) is 3. The SMILES string of the molecule is CCCCCCCCCC(OC(=O)c1ccc(/C=C/C(=O)O)cc1)C(=O)NCCC(=O)O. The zero-order valence-electron chi connectivity index (χ0n) is 18.5. The molecule has 0 bridgehead atoms. The van der Waals surface area contributed by atoms with Gasteiger partial charge in [-0.1, -0.05) is 57.6 Å². The summed E-state index contributed by atoms with van der Waals surface area (Å²) in [7, 11) is 0. The van der Waals surface area contributed by atoms with Gasteiger partial charge < -0.3 is 20.3 Å². The largest absolute Gasteiger partial charge is 0.481 e. The lowest BCUT2D eigenvalue weighted by Crippen LogP contribution is -2.38. The summed E-state index contributed by atoms with van der Waals surface area (Å²) in [6.45, 7) is 2.12. The van der Waals surface area contributed by atoms with Crippen LogP contribution >= 0.6 is 0 Å². The molecule has 0 saturated heterocycles. The van der Waals surface area contributed by atoms with Gasteiger partial charge in [-0.3, -0.25) is 9.59 Å². The standard InChI is InChI=1S/C24H33NO7/c1-2-3-4-5-6-7-8-9-20(23(30)25-17-16-22(28)29)32-24(31)19-13-10-18(11-14-19)12-15-21(26)27/h10-15,20H,2-9,16-17H2,1H3,(H,25,30)(H,26,27)(H,28,29)/b15-12+. The van der Waals surface area contributed by atoms with Gasteiger partial charge in [0.1, 0.15) is 0 Å². The third-order valence-electron chi connectivity index (χ3n) is 4.81. The quantitative estimate of drug-likeness (QED) is 0.198. The maximum atomic E-state index is 12.5. The van der Waals surface area contributed by atoms with Crippen LogP contribution in [0.1, 0.15) is 80.6 Å². The Labute approximate surface area is 188 Å². The van der Waals surface area contributed by atoms with Crippen LogP contribution in [-0.4, -0.2) is 46.7 Å². The molecule has 0 aliphatic carbocycles. The van der Waals surface area contributed by atoms with Crippen LogP contribution in [0, 0.1) is 0 Å². The molecule has 0 aliphatic heterocycles. The van der Waals surface area contributed by atoms with Crippen molar-refractivity contribution in [1.29, 1.82) is 0 Å². The monoisotopic (exact) mass is 447 g/mol. The minimum absolute atomic E-state index is 0.0379. The van der Waals surface area contributed by atoms with Gasteiger partial charge in [0.15, 0.2) is 6.10 Å². The van der Waals surface area contributed by atoms with E-state index in [9.17, 15) is 19.2 Å². The summed E-state index contributed by atoms with van der Waals surface area (Å²) in [4.78, 5) is 46.2.